The van der Waals surface area contributed by atoms with Crippen LogP contribution in [0.3, 0.4) is 0 Å². The van der Waals surface area contributed by atoms with Gasteiger partial charge in [0.25, 0.3) is 5.91 Å². The van der Waals surface area contributed by atoms with Crippen LogP contribution in [-0.4, -0.2) is 51.1 Å². The molecule has 11 heteroatoms. The number of aliphatic carboxylic acids is 1. The average Bonchev–Trinajstić information content (AvgIpc) is 3.02. The number of amides is 2. The molecule has 134 valence electrons. The van der Waals surface area contributed by atoms with E-state index in [-0.39, 0.29) is 6.42 Å². The number of nitrogens with one attached hydrogen (secondary N) is 1. The van der Waals surface area contributed by atoms with Crippen LogP contribution in [0, 0.1) is 0 Å². The first kappa shape index (κ1) is 17.8. The fourth-order valence-corrected chi connectivity index (χ4v) is 4.71. The van der Waals surface area contributed by atoms with Crippen LogP contribution in [0.25, 0.3) is 0 Å². The van der Waals surface area contributed by atoms with Crippen molar-refractivity contribution in [2.45, 2.75) is 24.0 Å². The highest BCUT2D eigenvalue weighted by Crippen LogP contribution is 2.44. The summed E-state index contributed by atoms with van der Waals surface area (Å²) in [5.41, 5.74) is -2.30. The number of thiophene rings is 1. The van der Waals surface area contributed by atoms with Crippen molar-refractivity contribution in [1.82, 2.24) is 10.2 Å². The standard InChI is InChI=1S/C14H11F3N2O4S2/c15-14(16,17)7-5-25-12-9(11(21)19(12)10(7)13(22)23)18-8(20)4-6-2-1-3-24-6/h1-3,9,12H,4-5H2,(H,18,20)(H,22,23)/t9?,12-/m1/s1. The molecule has 2 amide bonds. The molecule has 1 aromatic rings. The number of hydrogen-bond donors (Lipinski definition) is 2. The largest absolute Gasteiger partial charge is 0.477 e. The van der Waals surface area contributed by atoms with Crippen molar-refractivity contribution in [3.63, 3.8) is 0 Å². The highest BCUT2D eigenvalue weighted by atomic mass is 32.2. The predicted molar refractivity (Wildman–Crippen MR) is 83.8 cm³/mol. The lowest BCUT2D eigenvalue weighted by Gasteiger charge is -2.49. The molecule has 1 unspecified atom stereocenters. The minimum atomic E-state index is -4.83. The third-order valence-corrected chi connectivity index (χ3v) is 5.90. The summed E-state index contributed by atoms with van der Waals surface area (Å²) >= 11 is 2.15. The van der Waals surface area contributed by atoms with Gasteiger partial charge >= 0.3 is 12.1 Å². The molecule has 0 aliphatic carbocycles. The zero-order valence-corrected chi connectivity index (χ0v) is 14.0. The van der Waals surface area contributed by atoms with Gasteiger partial charge in [0.2, 0.25) is 5.91 Å². The van der Waals surface area contributed by atoms with E-state index in [1.807, 2.05) is 0 Å². The minimum Gasteiger partial charge on any atom is -0.477 e. The highest BCUT2D eigenvalue weighted by Gasteiger charge is 2.57. The molecule has 2 aliphatic rings. The lowest BCUT2D eigenvalue weighted by Crippen LogP contribution is -2.71. The number of halogens is 3. The molecule has 0 bridgehead atoms. The average molecular weight is 392 g/mol. The lowest BCUT2D eigenvalue weighted by atomic mass is 10.0. The Labute approximate surface area is 147 Å². The molecule has 6 nitrogen and oxygen atoms in total. The van der Waals surface area contributed by atoms with Gasteiger partial charge in [-0.05, 0) is 11.4 Å². The third kappa shape index (κ3) is 3.25. The Balaban J connectivity index is 1.75. The van der Waals surface area contributed by atoms with E-state index in [0.29, 0.717) is 4.90 Å². The van der Waals surface area contributed by atoms with Gasteiger partial charge in [0.15, 0.2) is 0 Å². The summed E-state index contributed by atoms with van der Waals surface area (Å²) < 4.78 is 38.9. The molecule has 1 saturated heterocycles. The number of fused-ring (bicyclic) bond motifs is 1. The quantitative estimate of drug-likeness (QED) is 0.760. The molecular weight excluding hydrogens is 381 g/mol. The summed E-state index contributed by atoms with van der Waals surface area (Å²) in [6, 6.07) is 2.49. The fourth-order valence-electron chi connectivity index (χ4n) is 2.63. The van der Waals surface area contributed by atoms with Crippen molar-refractivity contribution in [2.24, 2.45) is 0 Å². The molecular formula is C14H11F3N2O4S2. The lowest BCUT2D eigenvalue weighted by molar-refractivity contribution is -0.152. The van der Waals surface area contributed by atoms with Crippen molar-refractivity contribution >= 4 is 40.9 Å². The van der Waals surface area contributed by atoms with E-state index in [4.69, 9.17) is 5.11 Å². The zero-order chi connectivity index (χ0) is 18.4. The molecule has 0 aromatic carbocycles. The topological polar surface area (TPSA) is 86.7 Å². The molecule has 0 spiro atoms. The van der Waals surface area contributed by atoms with Crippen LogP contribution >= 0.6 is 23.1 Å². The number of carboxylic acid groups (broad SMARTS) is 1. The molecule has 2 aliphatic heterocycles. The molecule has 3 heterocycles. The van der Waals surface area contributed by atoms with Crippen LogP contribution < -0.4 is 5.32 Å². The van der Waals surface area contributed by atoms with Crippen LogP contribution in [-0.2, 0) is 20.8 Å². The molecule has 0 saturated carbocycles. The molecule has 2 N–H and O–H groups in total. The van der Waals surface area contributed by atoms with E-state index in [1.54, 1.807) is 17.5 Å². The SMILES string of the molecule is O=C(Cc1cccs1)NC1C(=O)N2C(C(=O)O)=C(C(F)(F)F)CS[C@H]12. The number of carbonyl (C=O) groups excluding carboxylic acids is 2. The number of nitrogens with zero attached hydrogens (tertiary/aromatic N) is 1. The van der Waals surface area contributed by atoms with Crippen molar-refractivity contribution in [3.8, 4) is 0 Å². The second kappa shape index (κ2) is 6.37. The van der Waals surface area contributed by atoms with Gasteiger partial charge in [0.1, 0.15) is 17.1 Å². The van der Waals surface area contributed by atoms with E-state index in [1.165, 1.54) is 11.3 Å². The normalized spacial score (nSPS) is 23.2. The number of carboxylic acids is 1. The molecule has 1 aromatic heterocycles. The summed E-state index contributed by atoms with van der Waals surface area (Å²) in [4.78, 5) is 36.8. The molecule has 0 radical (unpaired) electrons. The van der Waals surface area contributed by atoms with Gasteiger partial charge in [0.05, 0.1) is 12.0 Å². The summed E-state index contributed by atoms with van der Waals surface area (Å²) in [7, 11) is 0. The smallest absolute Gasteiger partial charge is 0.415 e. The number of carbonyl (C=O) groups is 3. The number of β-lactam (4-membered cyclic amide) rings is 1. The van der Waals surface area contributed by atoms with E-state index < -0.39 is 52.4 Å². The van der Waals surface area contributed by atoms with E-state index in [2.05, 4.69) is 5.32 Å². The van der Waals surface area contributed by atoms with Gasteiger partial charge in [-0.25, -0.2) is 4.79 Å². The van der Waals surface area contributed by atoms with Crippen molar-refractivity contribution in [2.75, 3.05) is 5.75 Å². The Morgan fingerprint density at radius 1 is 1.40 bits per heavy atom. The van der Waals surface area contributed by atoms with Crippen LogP contribution in [0.5, 0.6) is 0 Å². The van der Waals surface area contributed by atoms with Gasteiger partial charge in [-0.15, -0.1) is 23.1 Å². The molecule has 1 fully saturated rings. The molecule has 2 atom stereocenters. The zero-order valence-electron chi connectivity index (χ0n) is 12.4. The number of thioether (sulfide) groups is 1. The Morgan fingerprint density at radius 3 is 2.68 bits per heavy atom. The van der Waals surface area contributed by atoms with Gasteiger partial charge in [-0.2, -0.15) is 13.2 Å². The first-order valence-corrected chi connectivity index (χ1v) is 8.93. The number of alkyl halides is 3. The maximum Gasteiger partial charge on any atom is 0.415 e. The third-order valence-electron chi connectivity index (χ3n) is 3.74. The van der Waals surface area contributed by atoms with Crippen molar-refractivity contribution in [3.05, 3.63) is 33.7 Å². The van der Waals surface area contributed by atoms with Gasteiger partial charge in [-0.3, -0.25) is 14.5 Å². The summed E-state index contributed by atoms with van der Waals surface area (Å²) in [5, 5.41) is 12.5. The highest BCUT2D eigenvalue weighted by molar-refractivity contribution is 8.00. The van der Waals surface area contributed by atoms with Crippen LogP contribution in [0.2, 0.25) is 0 Å². The van der Waals surface area contributed by atoms with Crippen molar-refractivity contribution in [1.29, 1.82) is 0 Å². The first-order valence-electron chi connectivity index (χ1n) is 7.00. The van der Waals surface area contributed by atoms with Crippen LogP contribution in [0.15, 0.2) is 28.8 Å². The Morgan fingerprint density at radius 2 is 2.12 bits per heavy atom. The summed E-state index contributed by atoms with van der Waals surface area (Å²) in [6.45, 7) is 0. The van der Waals surface area contributed by atoms with Crippen LogP contribution in [0.4, 0.5) is 13.2 Å². The maximum absolute atomic E-state index is 13.0. The second-order valence-electron chi connectivity index (χ2n) is 5.34. The second-order valence-corrected chi connectivity index (χ2v) is 7.48. The van der Waals surface area contributed by atoms with Gasteiger partial charge in [0, 0.05) is 10.6 Å². The Hall–Kier alpha value is -2.01. The Kier molecular flexibility index (Phi) is 4.54. The minimum absolute atomic E-state index is 0.0499. The van der Waals surface area contributed by atoms with E-state index in [9.17, 15) is 27.6 Å². The number of hydrogen-bond acceptors (Lipinski definition) is 5. The first-order chi connectivity index (χ1) is 11.7. The monoisotopic (exact) mass is 392 g/mol. The number of rotatable bonds is 4. The van der Waals surface area contributed by atoms with Gasteiger partial charge < -0.3 is 10.4 Å². The Bertz CT molecular complexity index is 761. The van der Waals surface area contributed by atoms with E-state index in [0.717, 1.165) is 16.6 Å². The maximum atomic E-state index is 13.0. The molecule has 3 rings (SSSR count). The van der Waals surface area contributed by atoms with Crippen LogP contribution in [0.1, 0.15) is 4.88 Å². The fraction of sp³-hybridized carbons (Fsp3) is 0.357. The van der Waals surface area contributed by atoms with Gasteiger partial charge in [-0.1, -0.05) is 6.07 Å². The summed E-state index contributed by atoms with van der Waals surface area (Å²) in [5.74, 6) is -3.69. The predicted octanol–water partition coefficient (Wildman–Crippen LogP) is 1.59. The molecule has 25 heavy (non-hydrogen) atoms. The van der Waals surface area contributed by atoms with Crippen molar-refractivity contribution < 1.29 is 32.7 Å². The summed E-state index contributed by atoms with van der Waals surface area (Å²) in [6.07, 6.45) is -4.78. The van der Waals surface area contributed by atoms with E-state index >= 15 is 0 Å².